The average Bonchev–Trinajstić information content (AvgIpc) is 2.18. The van der Waals surface area contributed by atoms with Gasteiger partial charge in [0, 0.05) is 25.4 Å². The summed E-state index contributed by atoms with van der Waals surface area (Å²) >= 11 is 0. The fourth-order valence-corrected chi connectivity index (χ4v) is 2.79. The van der Waals surface area contributed by atoms with Crippen LogP contribution in [0.3, 0.4) is 0 Å². The van der Waals surface area contributed by atoms with Crippen LogP contribution in [0.25, 0.3) is 0 Å². The van der Waals surface area contributed by atoms with Crippen LogP contribution in [-0.4, -0.2) is 26.8 Å². The summed E-state index contributed by atoms with van der Waals surface area (Å²) in [5.74, 6) is 0.229. The van der Waals surface area contributed by atoms with E-state index in [-0.39, 0.29) is 11.8 Å². The standard InChI is InChI=1S/C9H18N2O3S/c1-2-7-10-15(13,14)11-8-3-5-9(12)6-4-8/h8,10-11H,2-7H2,1H3. The number of hydrogen-bond donors (Lipinski definition) is 2. The Kier molecular flexibility index (Phi) is 4.69. The topological polar surface area (TPSA) is 75.3 Å². The largest absolute Gasteiger partial charge is 0.300 e. The van der Waals surface area contributed by atoms with Gasteiger partial charge in [-0.25, -0.2) is 4.72 Å². The van der Waals surface area contributed by atoms with Crippen LogP contribution in [0.2, 0.25) is 0 Å². The van der Waals surface area contributed by atoms with Gasteiger partial charge in [-0.05, 0) is 19.3 Å². The molecule has 0 aromatic carbocycles. The lowest BCUT2D eigenvalue weighted by molar-refractivity contribution is -0.120. The Labute approximate surface area is 90.8 Å². The molecule has 6 heteroatoms. The van der Waals surface area contributed by atoms with Gasteiger partial charge in [-0.3, -0.25) is 4.79 Å². The summed E-state index contributed by atoms with van der Waals surface area (Å²) in [5, 5.41) is 0. The number of ketones is 1. The Bertz CT molecular complexity index is 303. The lowest BCUT2D eigenvalue weighted by Crippen LogP contribution is -2.44. The molecule has 0 atom stereocenters. The first-order valence-corrected chi connectivity index (χ1v) is 6.80. The van der Waals surface area contributed by atoms with E-state index >= 15 is 0 Å². The molecule has 1 aliphatic rings. The first kappa shape index (κ1) is 12.6. The lowest BCUT2D eigenvalue weighted by Gasteiger charge is -2.21. The van der Waals surface area contributed by atoms with Crippen LogP contribution in [-0.2, 0) is 15.0 Å². The molecule has 88 valence electrons. The molecule has 0 radical (unpaired) electrons. The molecule has 2 N–H and O–H groups in total. The highest BCUT2D eigenvalue weighted by molar-refractivity contribution is 7.87. The highest BCUT2D eigenvalue weighted by atomic mass is 32.2. The van der Waals surface area contributed by atoms with Crippen LogP contribution in [0.1, 0.15) is 39.0 Å². The van der Waals surface area contributed by atoms with Gasteiger partial charge in [0.05, 0.1) is 0 Å². The number of carbonyl (C=O) groups excluding carboxylic acids is 1. The van der Waals surface area contributed by atoms with E-state index in [0.29, 0.717) is 32.2 Å². The monoisotopic (exact) mass is 234 g/mol. The third kappa shape index (κ3) is 4.72. The zero-order valence-corrected chi connectivity index (χ0v) is 9.77. The summed E-state index contributed by atoms with van der Waals surface area (Å²) in [6.45, 7) is 2.35. The lowest BCUT2D eigenvalue weighted by atomic mass is 9.95. The molecule has 0 unspecified atom stereocenters. The van der Waals surface area contributed by atoms with Gasteiger partial charge >= 0.3 is 0 Å². The van der Waals surface area contributed by atoms with E-state index in [1.165, 1.54) is 0 Å². The quantitative estimate of drug-likeness (QED) is 0.720. The van der Waals surface area contributed by atoms with E-state index < -0.39 is 10.2 Å². The number of nitrogens with one attached hydrogen (secondary N) is 2. The van der Waals surface area contributed by atoms with Gasteiger partial charge in [0.2, 0.25) is 0 Å². The van der Waals surface area contributed by atoms with Crippen molar-refractivity contribution in [1.82, 2.24) is 9.44 Å². The summed E-state index contributed by atoms with van der Waals surface area (Å²) in [6.07, 6.45) is 2.98. The Hall–Kier alpha value is -0.460. The van der Waals surface area contributed by atoms with Crippen LogP contribution in [0, 0.1) is 0 Å². The van der Waals surface area contributed by atoms with Crippen molar-refractivity contribution in [3.8, 4) is 0 Å². The zero-order valence-electron chi connectivity index (χ0n) is 8.95. The highest BCUT2D eigenvalue weighted by Crippen LogP contribution is 2.15. The van der Waals surface area contributed by atoms with E-state index in [9.17, 15) is 13.2 Å². The number of Topliss-reactive ketones (excluding diaryl/α,β-unsaturated/α-hetero) is 1. The fourth-order valence-electron chi connectivity index (χ4n) is 1.56. The third-order valence-corrected chi connectivity index (χ3v) is 3.63. The Balaban J connectivity index is 2.37. The molecular formula is C9H18N2O3S. The minimum Gasteiger partial charge on any atom is -0.300 e. The molecular weight excluding hydrogens is 216 g/mol. The van der Waals surface area contributed by atoms with Gasteiger partial charge < -0.3 is 0 Å². The van der Waals surface area contributed by atoms with Crippen molar-refractivity contribution in [3.63, 3.8) is 0 Å². The van der Waals surface area contributed by atoms with Crippen molar-refractivity contribution in [2.45, 2.75) is 45.1 Å². The van der Waals surface area contributed by atoms with Crippen molar-refractivity contribution in [2.75, 3.05) is 6.54 Å². The van der Waals surface area contributed by atoms with Crippen molar-refractivity contribution in [1.29, 1.82) is 0 Å². The number of hydrogen-bond acceptors (Lipinski definition) is 3. The predicted octanol–water partition coefficient (Wildman–Crippen LogP) is 0.332. The van der Waals surface area contributed by atoms with E-state index in [0.717, 1.165) is 6.42 Å². The van der Waals surface area contributed by atoms with Crippen molar-refractivity contribution in [3.05, 3.63) is 0 Å². The second-order valence-corrected chi connectivity index (χ2v) is 5.36. The maximum atomic E-state index is 11.4. The molecule has 0 aromatic rings. The minimum absolute atomic E-state index is 0.0861. The second kappa shape index (κ2) is 5.58. The molecule has 5 nitrogen and oxygen atoms in total. The van der Waals surface area contributed by atoms with Crippen LogP contribution < -0.4 is 9.44 Å². The number of rotatable bonds is 5. The first-order chi connectivity index (χ1) is 7.03. The fraction of sp³-hybridized carbons (Fsp3) is 0.889. The third-order valence-electron chi connectivity index (χ3n) is 2.41. The highest BCUT2D eigenvalue weighted by Gasteiger charge is 2.22. The molecule has 0 aromatic heterocycles. The van der Waals surface area contributed by atoms with Gasteiger partial charge in [-0.2, -0.15) is 13.1 Å². The maximum Gasteiger partial charge on any atom is 0.277 e. The molecule has 0 amide bonds. The summed E-state index contributed by atoms with van der Waals surface area (Å²) < 4.78 is 27.9. The zero-order chi connectivity index (χ0) is 11.3. The average molecular weight is 234 g/mol. The molecule has 1 rings (SSSR count). The first-order valence-electron chi connectivity index (χ1n) is 5.32. The summed E-state index contributed by atoms with van der Waals surface area (Å²) in [4.78, 5) is 11.0. The molecule has 0 spiro atoms. The van der Waals surface area contributed by atoms with Crippen LogP contribution in [0.5, 0.6) is 0 Å². The molecule has 0 saturated heterocycles. The van der Waals surface area contributed by atoms with Crippen LogP contribution in [0.15, 0.2) is 0 Å². The Morgan fingerprint density at radius 3 is 2.47 bits per heavy atom. The number of carbonyl (C=O) groups is 1. The minimum atomic E-state index is -3.37. The van der Waals surface area contributed by atoms with Gasteiger partial charge in [0.15, 0.2) is 0 Å². The van der Waals surface area contributed by atoms with Crippen LogP contribution in [0.4, 0.5) is 0 Å². The van der Waals surface area contributed by atoms with E-state index in [2.05, 4.69) is 9.44 Å². The summed E-state index contributed by atoms with van der Waals surface area (Å²) in [7, 11) is -3.37. The van der Waals surface area contributed by atoms with E-state index in [1.54, 1.807) is 0 Å². The second-order valence-electron chi connectivity index (χ2n) is 3.83. The molecule has 0 heterocycles. The molecule has 15 heavy (non-hydrogen) atoms. The van der Waals surface area contributed by atoms with Crippen molar-refractivity contribution >= 4 is 16.0 Å². The maximum absolute atomic E-state index is 11.4. The molecule has 1 saturated carbocycles. The van der Waals surface area contributed by atoms with Gasteiger partial charge in [-0.15, -0.1) is 0 Å². The SMILES string of the molecule is CCCNS(=O)(=O)NC1CCC(=O)CC1. The normalized spacial score (nSPS) is 19.4. The molecule has 1 aliphatic carbocycles. The Morgan fingerprint density at radius 2 is 1.93 bits per heavy atom. The van der Waals surface area contributed by atoms with Crippen molar-refractivity contribution in [2.24, 2.45) is 0 Å². The Morgan fingerprint density at radius 1 is 1.33 bits per heavy atom. The van der Waals surface area contributed by atoms with Gasteiger partial charge in [0.25, 0.3) is 10.2 Å². The summed E-state index contributed by atoms with van der Waals surface area (Å²) in [5.41, 5.74) is 0. The van der Waals surface area contributed by atoms with Gasteiger partial charge in [-0.1, -0.05) is 6.92 Å². The van der Waals surface area contributed by atoms with Crippen LogP contribution >= 0.6 is 0 Å². The molecule has 1 fully saturated rings. The van der Waals surface area contributed by atoms with Gasteiger partial charge in [0.1, 0.15) is 5.78 Å². The van der Waals surface area contributed by atoms with E-state index in [4.69, 9.17) is 0 Å². The predicted molar refractivity (Wildman–Crippen MR) is 57.6 cm³/mol. The smallest absolute Gasteiger partial charge is 0.277 e. The molecule has 0 bridgehead atoms. The summed E-state index contributed by atoms with van der Waals surface area (Å²) in [6, 6.07) is -0.0861. The molecule has 0 aliphatic heterocycles. The van der Waals surface area contributed by atoms with Crippen molar-refractivity contribution < 1.29 is 13.2 Å². The van der Waals surface area contributed by atoms with E-state index in [1.807, 2.05) is 6.92 Å².